The van der Waals surface area contributed by atoms with E-state index in [4.69, 9.17) is 0 Å². The molecule has 1 N–H and O–H groups in total. The Balaban J connectivity index is 2.02. The first-order valence-corrected chi connectivity index (χ1v) is 5.40. The van der Waals surface area contributed by atoms with Crippen molar-refractivity contribution in [2.75, 3.05) is 0 Å². The highest BCUT2D eigenvalue weighted by Crippen LogP contribution is 2.44. The zero-order valence-electron chi connectivity index (χ0n) is 9.22. The number of ether oxygens (including phenoxy) is 2. The third-order valence-corrected chi connectivity index (χ3v) is 2.92. The number of nitrogens with one attached hydrogen (secondary N) is 1. The van der Waals surface area contributed by atoms with E-state index in [-0.39, 0.29) is 11.5 Å². The lowest BCUT2D eigenvalue weighted by atomic mass is 9.96. The van der Waals surface area contributed by atoms with E-state index in [2.05, 4.69) is 14.5 Å². The first-order chi connectivity index (χ1) is 8.07. The molecular formula is C12H11F2NO2. The molecule has 0 fully saturated rings. The van der Waals surface area contributed by atoms with Crippen molar-refractivity contribution in [3.05, 3.63) is 41.1 Å². The lowest BCUT2D eigenvalue weighted by molar-refractivity contribution is -0.336. The molecule has 0 saturated heterocycles. The summed E-state index contributed by atoms with van der Waals surface area (Å²) in [6.45, 7) is 1.91. The summed E-state index contributed by atoms with van der Waals surface area (Å²) in [5.41, 5.74) is 2.55. The lowest BCUT2D eigenvalue weighted by Gasteiger charge is -2.12. The molecule has 0 radical (unpaired) electrons. The largest absolute Gasteiger partial charge is 0.585 e. The van der Waals surface area contributed by atoms with Gasteiger partial charge in [0, 0.05) is 30.0 Å². The number of hydrogen-bond acceptors (Lipinski definition) is 2. The van der Waals surface area contributed by atoms with Gasteiger partial charge in [0.15, 0.2) is 11.5 Å². The number of allylic oxidation sites excluding steroid dienone is 3. The Morgan fingerprint density at radius 1 is 1.29 bits per heavy atom. The molecule has 0 saturated carbocycles. The maximum absolute atomic E-state index is 13.0. The molecule has 0 spiro atoms. The Kier molecular flexibility index (Phi) is 2.05. The van der Waals surface area contributed by atoms with Crippen molar-refractivity contribution < 1.29 is 18.3 Å². The van der Waals surface area contributed by atoms with Crippen LogP contribution in [0.25, 0.3) is 5.57 Å². The van der Waals surface area contributed by atoms with Crippen LogP contribution in [0.3, 0.4) is 0 Å². The van der Waals surface area contributed by atoms with Gasteiger partial charge >= 0.3 is 6.29 Å². The number of aromatic nitrogens is 1. The van der Waals surface area contributed by atoms with Gasteiger partial charge in [-0.3, -0.25) is 0 Å². The third-order valence-electron chi connectivity index (χ3n) is 2.92. The van der Waals surface area contributed by atoms with Crippen LogP contribution in [0, 0.1) is 6.92 Å². The van der Waals surface area contributed by atoms with Gasteiger partial charge in [0.2, 0.25) is 0 Å². The minimum absolute atomic E-state index is 0.170. The highest BCUT2D eigenvalue weighted by molar-refractivity contribution is 5.80. The van der Waals surface area contributed by atoms with Crippen molar-refractivity contribution in [2.24, 2.45) is 0 Å². The maximum atomic E-state index is 13.0. The van der Waals surface area contributed by atoms with Crippen LogP contribution in [-0.4, -0.2) is 11.3 Å². The van der Waals surface area contributed by atoms with Crippen LogP contribution < -0.4 is 0 Å². The molecule has 0 unspecified atom stereocenters. The fourth-order valence-electron chi connectivity index (χ4n) is 2.16. The second-order valence-corrected chi connectivity index (χ2v) is 4.13. The van der Waals surface area contributed by atoms with Gasteiger partial charge < -0.3 is 14.5 Å². The number of aryl methyl sites for hydroxylation is 1. The molecule has 0 amide bonds. The van der Waals surface area contributed by atoms with Crippen LogP contribution >= 0.6 is 0 Å². The van der Waals surface area contributed by atoms with Crippen molar-refractivity contribution >= 4 is 5.57 Å². The number of rotatable bonds is 1. The van der Waals surface area contributed by atoms with E-state index in [9.17, 15) is 8.78 Å². The minimum atomic E-state index is -3.53. The molecule has 0 atom stereocenters. The van der Waals surface area contributed by atoms with E-state index in [0.717, 1.165) is 11.1 Å². The quantitative estimate of drug-likeness (QED) is 0.815. The smallest absolute Gasteiger partial charge is 0.400 e. The van der Waals surface area contributed by atoms with Crippen molar-refractivity contribution in [3.63, 3.8) is 0 Å². The van der Waals surface area contributed by atoms with Crippen LogP contribution in [0.5, 0.6) is 0 Å². The summed E-state index contributed by atoms with van der Waals surface area (Å²) >= 11 is 0. The third kappa shape index (κ3) is 1.62. The topological polar surface area (TPSA) is 34.2 Å². The van der Waals surface area contributed by atoms with Crippen LogP contribution in [0.4, 0.5) is 8.78 Å². The van der Waals surface area contributed by atoms with E-state index in [1.54, 1.807) is 6.20 Å². The monoisotopic (exact) mass is 239 g/mol. The molecule has 5 heteroatoms. The molecule has 0 aromatic carbocycles. The summed E-state index contributed by atoms with van der Waals surface area (Å²) < 4.78 is 35.2. The fraction of sp³-hybridized carbons (Fsp3) is 0.333. The number of alkyl halides is 2. The normalized spacial score (nSPS) is 21.7. The van der Waals surface area contributed by atoms with Crippen LogP contribution in [0.15, 0.2) is 30.0 Å². The Morgan fingerprint density at radius 2 is 2.12 bits per heavy atom. The molecule has 3 nitrogen and oxygen atoms in total. The predicted molar refractivity (Wildman–Crippen MR) is 56.9 cm³/mol. The summed E-state index contributed by atoms with van der Waals surface area (Å²) in [6.07, 6.45) is 3.10. The second-order valence-electron chi connectivity index (χ2n) is 4.13. The van der Waals surface area contributed by atoms with E-state index in [0.29, 0.717) is 18.4 Å². The summed E-state index contributed by atoms with van der Waals surface area (Å²) in [5, 5.41) is 0. The standard InChI is InChI=1S/C12H11F2NO2/c1-7-5-15-6-9(7)8-3-2-4-10-11(8)17-12(13,14)16-10/h3,5-6,15H,2,4H2,1H3. The number of hydrogen-bond donors (Lipinski definition) is 1. The van der Waals surface area contributed by atoms with Crippen LogP contribution in [-0.2, 0) is 9.47 Å². The average Bonchev–Trinajstić information content (AvgIpc) is 2.78. The predicted octanol–water partition coefficient (Wildman–Crippen LogP) is 3.31. The van der Waals surface area contributed by atoms with Gasteiger partial charge in [0.25, 0.3) is 0 Å². The van der Waals surface area contributed by atoms with E-state index in [1.165, 1.54) is 0 Å². The summed E-state index contributed by atoms with van der Waals surface area (Å²) in [7, 11) is 0. The van der Waals surface area contributed by atoms with E-state index in [1.807, 2.05) is 19.2 Å². The molecule has 0 bridgehead atoms. The van der Waals surface area contributed by atoms with Crippen molar-refractivity contribution in [1.29, 1.82) is 0 Å². The lowest BCUT2D eigenvalue weighted by Crippen LogP contribution is -2.16. The highest BCUT2D eigenvalue weighted by atomic mass is 19.3. The highest BCUT2D eigenvalue weighted by Gasteiger charge is 2.46. The summed E-state index contributed by atoms with van der Waals surface area (Å²) in [4.78, 5) is 2.95. The Bertz CT molecular complexity index is 528. The van der Waals surface area contributed by atoms with Gasteiger partial charge in [0.1, 0.15) is 0 Å². The van der Waals surface area contributed by atoms with Crippen molar-refractivity contribution in [3.8, 4) is 0 Å². The van der Waals surface area contributed by atoms with E-state index >= 15 is 0 Å². The van der Waals surface area contributed by atoms with Crippen molar-refractivity contribution in [2.45, 2.75) is 26.1 Å². The Hall–Kier alpha value is -1.78. The average molecular weight is 239 g/mol. The number of aromatic amines is 1. The SMILES string of the molecule is Cc1c[nH]cc1C1=CCCC2=C1OC(F)(F)O2. The molecule has 3 rings (SSSR count). The van der Waals surface area contributed by atoms with Gasteiger partial charge in [-0.25, -0.2) is 0 Å². The Labute approximate surface area is 96.7 Å². The zero-order chi connectivity index (χ0) is 12.0. The van der Waals surface area contributed by atoms with Gasteiger partial charge in [0.05, 0.1) is 0 Å². The maximum Gasteiger partial charge on any atom is 0.585 e. The molecule has 1 aliphatic heterocycles. The number of H-pyrrole nitrogens is 1. The first kappa shape index (κ1) is 10.4. The molecule has 1 aromatic rings. The summed E-state index contributed by atoms with van der Waals surface area (Å²) in [5.74, 6) is 0.414. The van der Waals surface area contributed by atoms with Gasteiger partial charge in [-0.05, 0) is 18.9 Å². The number of halogens is 2. The van der Waals surface area contributed by atoms with Crippen LogP contribution in [0.1, 0.15) is 24.0 Å². The summed E-state index contributed by atoms with van der Waals surface area (Å²) in [6, 6.07) is 0. The molecule has 2 heterocycles. The molecular weight excluding hydrogens is 228 g/mol. The molecule has 17 heavy (non-hydrogen) atoms. The molecule has 1 aliphatic carbocycles. The molecule has 2 aliphatic rings. The zero-order valence-corrected chi connectivity index (χ0v) is 9.22. The minimum Gasteiger partial charge on any atom is -0.400 e. The van der Waals surface area contributed by atoms with Gasteiger partial charge in [-0.1, -0.05) is 6.08 Å². The molecule has 90 valence electrons. The van der Waals surface area contributed by atoms with Crippen molar-refractivity contribution in [1.82, 2.24) is 4.98 Å². The van der Waals surface area contributed by atoms with Gasteiger partial charge in [-0.15, -0.1) is 8.78 Å². The van der Waals surface area contributed by atoms with Crippen LogP contribution in [0.2, 0.25) is 0 Å². The second kappa shape index (κ2) is 3.35. The van der Waals surface area contributed by atoms with Gasteiger partial charge in [-0.2, -0.15) is 0 Å². The first-order valence-electron chi connectivity index (χ1n) is 5.40. The Morgan fingerprint density at radius 3 is 2.82 bits per heavy atom. The van der Waals surface area contributed by atoms with E-state index < -0.39 is 6.29 Å². The fourth-order valence-corrected chi connectivity index (χ4v) is 2.16. The molecule has 1 aromatic heterocycles.